The van der Waals surface area contributed by atoms with Gasteiger partial charge in [-0.1, -0.05) is 18.2 Å². The third-order valence-electron chi connectivity index (χ3n) is 5.33. The maximum absolute atomic E-state index is 13.1. The molecule has 3 aromatic heterocycles. The van der Waals surface area contributed by atoms with Crippen molar-refractivity contribution in [1.82, 2.24) is 18.9 Å². The van der Waals surface area contributed by atoms with Crippen LogP contribution in [0.5, 0.6) is 0 Å². The van der Waals surface area contributed by atoms with E-state index in [-0.39, 0.29) is 28.5 Å². The van der Waals surface area contributed by atoms with E-state index >= 15 is 0 Å². The third-order valence-corrected chi connectivity index (χ3v) is 6.57. The highest BCUT2D eigenvalue weighted by molar-refractivity contribution is 7.19. The summed E-state index contributed by atoms with van der Waals surface area (Å²) in [6.45, 7) is 5.39. The number of hydrogen-bond donors (Lipinski definition) is 1. The van der Waals surface area contributed by atoms with Gasteiger partial charge >= 0.3 is 11.7 Å². The van der Waals surface area contributed by atoms with Gasteiger partial charge in [0.1, 0.15) is 10.9 Å². The second kappa shape index (κ2) is 8.80. The lowest BCUT2D eigenvalue weighted by Gasteiger charge is -2.12. The van der Waals surface area contributed by atoms with Gasteiger partial charge in [0.05, 0.1) is 34.3 Å². The molecular formula is C23H24N4O5S. The maximum Gasteiger partial charge on any atom is 0.340 e. The van der Waals surface area contributed by atoms with E-state index in [0.29, 0.717) is 10.4 Å². The van der Waals surface area contributed by atoms with E-state index in [4.69, 9.17) is 4.74 Å². The van der Waals surface area contributed by atoms with Crippen molar-refractivity contribution in [2.24, 2.45) is 7.05 Å². The van der Waals surface area contributed by atoms with Gasteiger partial charge in [-0.15, -0.1) is 11.3 Å². The number of benzene rings is 1. The Balaban J connectivity index is 1.96. The van der Waals surface area contributed by atoms with Crippen molar-refractivity contribution >= 4 is 27.5 Å². The first-order valence-electron chi connectivity index (χ1n) is 10.5. The lowest BCUT2D eigenvalue weighted by molar-refractivity contribution is 0.0524. The highest BCUT2D eigenvalue weighted by Crippen LogP contribution is 2.37. The van der Waals surface area contributed by atoms with E-state index in [2.05, 4.69) is 5.10 Å². The van der Waals surface area contributed by atoms with Crippen LogP contribution >= 0.6 is 11.3 Å². The SMILES string of the molecule is CCOC(=O)c1c(C(O)c2cnn(-c3ccccc3)c2)sc2c1c(=O)n(C)c(=O)n2C(C)C. The molecule has 0 aliphatic heterocycles. The van der Waals surface area contributed by atoms with E-state index in [9.17, 15) is 19.5 Å². The molecule has 3 heterocycles. The highest BCUT2D eigenvalue weighted by Gasteiger charge is 2.31. The molecule has 0 saturated carbocycles. The average molecular weight is 469 g/mol. The van der Waals surface area contributed by atoms with Gasteiger partial charge in [-0.05, 0) is 32.9 Å². The van der Waals surface area contributed by atoms with Gasteiger partial charge in [-0.2, -0.15) is 5.10 Å². The Hall–Kier alpha value is -3.50. The van der Waals surface area contributed by atoms with Gasteiger partial charge in [-0.3, -0.25) is 13.9 Å². The number of carbonyl (C=O) groups excluding carboxylic acids is 1. The normalized spacial score (nSPS) is 12.4. The number of nitrogens with zero attached hydrogens (tertiary/aromatic N) is 4. The van der Waals surface area contributed by atoms with Gasteiger partial charge in [0.2, 0.25) is 0 Å². The first-order valence-corrected chi connectivity index (χ1v) is 11.3. The molecule has 1 N–H and O–H groups in total. The number of rotatable bonds is 6. The molecule has 4 aromatic rings. The molecule has 0 aliphatic rings. The molecule has 1 aromatic carbocycles. The van der Waals surface area contributed by atoms with E-state index in [0.717, 1.165) is 21.6 Å². The monoisotopic (exact) mass is 468 g/mol. The van der Waals surface area contributed by atoms with Crippen molar-refractivity contribution in [3.63, 3.8) is 0 Å². The Morgan fingerprint density at radius 2 is 1.91 bits per heavy atom. The fourth-order valence-corrected chi connectivity index (χ4v) is 5.13. The zero-order valence-corrected chi connectivity index (χ0v) is 19.5. The van der Waals surface area contributed by atoms with Crippen LogP contribution in [0.2, 0.25) is 0 Å². The number of esters is 1. The van der Waals surface area contributed by atoms with E-state index < -0.39 is 23.3 Å². The molecule has 0 saturated heterocycles. The quantitative estimate of drug-likeness (QED) is 0.436. The standard InChI is InChI=1S/C23H24N4O5S/c1-5-32-22(30)16-17-20(29)25(4)23(31)27(13(2)3)21(17)33-19(16)18(28)14-11-24-26(12-14)15-9-7-6-8-10-15/h6-13,18,28H,5H2,1-4H3. The summed E-state index contributed by atoms with van der Waals surface area (Å²) in [5.74, 6) is -0.723. The predicted molar refractivity (Wildman–Crippen MR) is 125 cm³/mol. The maximum atomic E-state index is 13.1. The van der Waals surface area contributed by atoms with Crippen molar-refractivity contribution in [3.8, 4) is 5.69 Å². The minimum atomic E-state index is -1.25. The fraction of sp³-hybridized carbons (Fsp3) is 0.304. The van der Waals surface area contributed by atoms with E-state index in [1.807, 2.05) is 44.2 Å². The van der Waals surface area contributed by atoms with Crippen LogP contribution < -0.4 is 11.2 Å². The number of fused-ring (bicyclic) bond motifs is 1. The summed E-state index contributed by atoms with van der Waals surface area (Å²) in [6.07, 6.45) is 1.91. The number of carbonyl (C=O) groups is 1. The molecule has 33 heavy (non-hydrogen) atoms. The molecule has 9 nitrogen and oxygen atoms in total. The summed E-state index contributed by atoms with van der Waals surface area (Å²) in [6, 6.07) is 9.11. The summed E-state index contributed by atoms with van der Waals surface area (Å²) in [5, 5.41) is 15.6. The van der Waals surface area contributed by atoms with Gasteiger partial charge < -0.3 is 9.84 Å². The molecule has 0 amide bonds. The lowest BCUT2D eigenvalue weighted by Crippen LogP contribution is -2.38. The summed E-state index contributed by atoms with van der Waals surface area (Å²) in [5.41, 5.74) is 0.125. The van der Waals surface area contributed by atoms with Crippen molar-refractivity contribution in [2.75, 3.05) is 6.61 Å². The van der Waals surface area contributed by atoms with Gasteiger partial charge in [0.25, 0.3) is 5.56 Å². The minimum Gasteiger partial charge on any atom is -0.462 e. The zero-order valence-electron chi connectivity index (χ0n) is 18.7. The Labute approximate surface area is 193 Å². The summed E-state index contributed by atoms with van der Waals surface area (Å²) < 4.78 is 9.26. The second-order valence-corrected chi connectivity index (χ2v) is 8.84. The number of ether oxygens (including phenoxy) is 1. The summed E-state index contributed by atoms with van der Waals surface area (Å²) >= 11 is 1.04. The summed E-state index contributed by atoms with van der Waals surface area (Å²) in [7, 11) is 1.37. The molecule has 0 aliphatic carbocycles. The number of hydrogen-bond acceptors (Lipinski definition) is 7. The molecule has 0 radical (unpaired) electrons. The van der Waals surface area contributed by atoms with Crippen molar-refractivity contribution in [2.45, 2.75) is 32.9 Å². The third kappa shape index (κ3) is 3.81. The van der Waals surface area contributed by atoms with Crippen LogP contribution in [0.3, 0.4) is 0 Å². The molecule has 4 rings (SSSR count). The van der Waals surface area contributed by atoms with Crippen molar-refractivity contribution < 1.29 is 14.6 Å². The first kappa shape index (κ1) is 22.7. The summed E-state index contributed by atoms with van der Waals surface area (Å²) in [4.78, 5) is 39.4. The van der Waals surface area contributed by atoms with Gasteiger partial charge in [-0.25, -0.2) is 14.3 Å². The van der Waals surface area contributed by atoms with Gasteiger partial charge in [0.15, 0.2) is 0 Å². The van der Waals surface area contributed by atoms with Crippen molar-refractivity contribution in [3.05, 3.63) is 79.6 Å². The fourth-order valence-electron chi connectivity index (χ4n) is 3.71. The molecule has 0 spiro atoms. The number of thiophene rings is 1. The van der Waals surface area contributed by atoms with E-state index in [1.165, 1.54) is 17.8 Å². The van der Waals surface area contributed by atoms with E-state index in [1.54, 1.807) is 17.8 Å². The topological polar surface area (TPSA) is 108 Å². The Morgan fingerprint density at radius 1 is 1.21 bits per heavy atom. The van der Waals surface area contributed by atoms with Crippen LogP contribution in [0.1, 0.15) is 53.7 Å². The second-order valence-electron chi connectivity index (χ2n) is 7.81. The smallest absolute Gasteiger partial charge is 0.340 e. The Morgan fingerprint density at radius 3 is 2.55 bits per heavy atom. The first-order chi connectivity index (χ1) is 15.8. The average Bonchev–Trinajstić information content (AvgIpc) is 3.43. The number of aliphatic hydroxyl groups is 1. The van der Waals surface area contributed by atoms with Crippen LogP contribution in [0.4, 0.5) is 0 Å². The zero-order chi connectivity index (χ0) is 23.9. The molecular weight excluding hydrogens is 444 g/mol. The Kier molecular flexibility index (Phi) is 6.05. The van der Waals surface area contributed by atoms with Crippen LogP contribution in [-0.2, 0) is 11.8 Å². The molecule has 10 heteroatoms. The van der Waals surface area contributed by atoms with Crippen LogP contribution in [0, 0.1) is 0 Å². The lowest BCUT2D eigenvalue weighted by atomic mass is 10.1. The van der Waals surface area contributed by atoms with Crippen LogP contribution in [0.15, 0.2) is 52.3 Å². The minimum absolute atomic E-state index is 0.0215. The van der Waals surface area contributed by atoms with Crippen LogP contribution in [0.25, 0.3) is 15.9 Å². The number of aliphatic hydroxyl groups excluding tert-OH is 1. The molecule has 172 valence electrons. The Bertz CT molecular complexity index is 1450. The predicted octanol–water partition coefficient (Wildman–Crippen LogP) is 2.79. The molecule has 1 unspecified atom stereocenters. The molecule has 0 bridgehead atoms. The van der Waals surface area contributed by atoms with Gasteiger partial charge in [0, 0.05) is 24.8 Å². The number of para-hydroxylation sites is 1. The highest BCUT2D eigenvalue weighted by atomic mass is 32.1. The molecule has 0 fully saturated rings. The van der Waals surface area contributed by atoms with Crippen LogP contribution in [-0.4, -0.2) is 36.6 Å². The molecule has 1 atom stereocenters. The largest absolute Gasteiger partial charge is 0.462 e. The van der Waals surface area contributed by atoms with Crippen molar-refractivity contribution in [1.29, 1.82) is 0 Å². The number of aromatic nitrogens is 4.